The molecule has 2 heteroatoms. The summed E-state index contributed by atoms with van der Waals surface area (Å²) in [5, 5.41) is 0. The maximum atomic E-state index is 10.5. The zero-order valence-electron chi connectivity index (χ0n) is 8.12. The van der Waals surface area contributed by atoms with Crippen molar-refractivity contribution in [3.05, 3.63) is 36.5 Å². The van der Waals surface area contributed by atoms with E-state index in [-0.39, 0.29) is 5.91 Å². The summed E-state index contributed by atoms with van der Waals surface area (Å²) in [6, 6.07) is 0. The van der Waals surface area contributed by atoms with Gasteiger partial charge in [-0.05, 0) is 18.4 Å². The molecule has 0 atom stereocenters. The molecule has 0 heterocycles. The van der Waals surface area contributed by atoms with Crippen LogP contribution in [0.4, 0.5) is 0 Å². The van der Waals surface area contributed by atoms with Crippen LogP contribution in [0, 0.1) is 0 Å². The van der Waals surface area contributed by atoms with Crippen LogP contribution in [0.2, 0.25) is 0 Å². The van der Waals surface area contributed by atoms with Gasteiger partial charge in [-0.3, -0.25) is 4.79 Å². The topological polar surface area (TPSA) is 43.1 Å². The Balaban J connectivity index is 4.10. The molecule has 0 aromatic rings. The van der Waals surface area contributed by atoms with Crippen molar-refractivity contribution in [3.63, 3.8) is 0 Å². The molecule has 0 aromatic heterocycles. The van der Waals surface area contributed by atoms with Crippen LogP contribution in [0.5, 0.6) is 0 Å². The Morgan fingerprint density at radius 2 is 2.15 bits per heavy atom. The first kappa shape index (κ1) is 11.7. The van der Waals surface area contributed by atoms with Crippen LogP contribution in [0.3, 0.4) is 0 Å². The smallest absolute Gasteiger partial charge is 0.217 e. The number of hydrogen-bond acceptors (Lipinski definition) is 1. The molecule has 2 nitrogen and oxygen atoms in total. The first-order chi connectivity index (χ1) is 6.20. The molecule has 0 rings (SSSR count). The Morgan fingerprint density at radius 3 is 2.62 bits per heavy atom. The molecule has 0 unspecified atom stereocenters. The molecule has 0 aliphatic heterocycles. The molecule has 0 spiro atoms. The maximum Gasteiger partial charge on any atom is 0.217 e. The van der Waals surface area contributed by atoms with E-state index in [1.165, 1.54) is 0 Å². The first-order valence-corrected chi connectivity index (χ1v) is 4.47. The Hall–Kier alpha value is -1.31. The largest absolute Gasteiger partial charge is 0.370 e. The molecule has 2 N–H and O–H groups in total. The molecule has 0 aliphatic rings. The van der Waals surface area contributed by atoms with Gasteiger partial charge < -0.3 is 5.73 Å². The van der Waals surface area contributed by atoms with Gasteiger partial charge in [0, 0.05) is 6.42 Å². The summed E-state index contributed by atoms with van der Waals surface area (Å²) < 4.78 is 0. The molecule has 1 amide bonds. The molecule has 72 valence electrons. The summed E-state index contributed by atoms with van der Waals surface area (Å²) in [4.78, 5) is 10.5. The van der Waals surface area contributed by atoms with E-state index in [0.29, 0.717) is 12.8 Å². The highest BCUT2D eigenvalue weighted by Crippen LogP contribution is 2.07. The van der Waals surface area contributed by atoms with Crippen molar-refractivity contribution in [1.82, 2.24) is 0 Å². The van der Waals surface area contributed by atoms with Gasteiger partial charge in [0.25, 0.3) is 0 Å². The zero-order chi connectivity index (χ0) is 10.1. The summed E-state index contributed by atoms with van der Waals surface area (Å²) in [5.74, 6) is -0.264. The van der Waals surface area contributed by atoms with Crippen molar-refractivity contribution < 1.29 is 4.79 Å². The fraction of sp³-hybridized carbons (Fsp3) is 0.364. The fourth-order valence-electron chi connectivity index (χ4n) is 0.910. The van der Waals surface area contributed by atoms with Crippen LogP contribution in [0.15, 0.2) is 36.5 Å². The zero-order valence-corrected chi connectivity index (χ0v) is 8.12. The molecule has 0 bridgehead atoms. The molecule has 0 radical (unpaired) electrons. The normalized spacial score (nSPS) is 11.9. The minimum absolute atomic E-state index is 0.264. The van der Waals surface area contributed by atoms with Crippen molar-refractivity contribution in [3.8, 4) is 0 Å². The number of carbonyl (C=O) groups is 1. The van der Waals surface area contributed by atoms with Gasteiger partial charge in [-0.15, -0.1) is 0 Å². The molecular weight excluding hydrogens is 162 g/mol. The molecule has 0 saturated carbocycles. The summed E-state index contributed by atoms with van der Waals surface area (Å²) in [6.45, 7) is 5.67. The summed E-state index contributed by atoms with van der Waals surface area (Å²) in [6.07, 6.45) is 9.75. The number of allylic oxidation sites excluding steroid dienone is 5. The Morgan fingerprint density at radius 1 is 1.46 bits per heavy atom. The quantitative estimate of drug-likeness (QED) is 0.625. The molecule has 0 fully saturated rings. The molecule has 0 aliphatic carbocycles. The van der Waals surface area contributed by atoms with E-state index < -0.39 is 0 Å². The average molecular weight is 179 g/mol. The third-order valence-corrected chi connectivity index (χ3v) is 1.56. The van der Waals surface area contributed by atoms with Gasteiger partial charge in [0.2, 0.25) is 5.91 Å². The summed E-state index contributed by atoms with van der Waals surface area (Å²) in [7, 11) is 0. The first-order valence-electron chi connectivity index (χ1n) is 4.47. The van der Waals surface area contributed by atoms with E-state index in [1.807, 2.05) is 12.2 Å². The van der Waals surface area contributed by atoms with E-state index in [0.717, 1.165) is 12.0 Å². The van der Waals surface area contributed by atoms with Crippen LogP contribution >= 0.6 is 0 Å². The van der Waals surface area contributed by atoms with E-state index in [9.17, 15) is 4.79 Å². The second-order valence-corrected chi connectivity index (χ2v) is 2.75. The Labute approximate surface area is 79.8 Å². The Kier molecular flexibility index (Phi) is 6.60. The van der Waals surface area contributed by atoms with E-state index in [2.05, 4.69) is 19.6 Å². The fourth-order valence-corrected chi connectivity index (χ4v) is 0.910. The minimum atomic E-state index is -0.264. The van der Waals surface area contributed by atoms with Crippen LogP contribution < -0.4 is 5.73 Å². The lowest BCUT2D eigenvalue weighted by atomic mass is 10.1. The van der Waals surface area contributed by atoms with E-state index >= 15 is 0 Å². The minimum Gasteiger partial charge on any atom is -0.370 e. The van der Waals surface area contributed by atoms with Crippen molar-refractivity contribution in [2.24, 2.45) is 5.73 Å². The lowest BCUT2D eigenvalue weighted by Crippen LogP contribution is -2.09. The lowest BCUT2D eigenvalue weighted by molar-refractivity contribution is -0.117. The summed E-state index contributed by atoms with van der Waals surface area (Å²) in [5.41, 5.74) is 6.14. The van der Waals surface area contributed by atoms with Crippen molar-refractivity contribution in [2.45, 2.75) is 26.2 Å². The highest BCUT2D eigenvalue weighted by Gasteiger charge is 1.96. The number of hydrogen-bond donors (Lipinski definition) is 1. The lowest BCUT2D eigenvalue weighted by Gasteiger charge is -1.98. The maximum absolute atomic E-state index is 10.5. The third-order valence-electron chi connectivity index (χ3n) is 1.56. The van der Waals surface area contributed by atoms with Gasteiger partial charge >= 0.3 is 0 Å². The molecule has 0 aromatic carbocycles. The van der Waals surface area contributed by atoms with Crippen LogP contribution in [-0.4, -0.2) is 5.91 Å². The molecule has 0 saturated heterocycles. The highest BCUT2D eigenvalue weighted by atomic mass is 16.1. The summed E-state index contributed by atoms with van der Waals surface area (Å²) >= 11 is 0. The number of primary amides is 1. The van der Waals surface area contributed by atoms with E-state index in [4.69, 9.17) is 5.73 Å². The standard InChI is InChI=1S/C11H17NO/c1-3-5-7-10(6-4-2)8-9-11(12)13/h4-7H,2-3,8-9H2,1H3,(H2,12,13)/b7-5-,10-6+. The predicted molar refractivity (Wildman–Crippen MR) is 56.1 cm³/mol. The van der Waals surface area contributed by atoms with Gasteiger partial charge in [0.05, 0.1) is 0 Å². The van der Waals surface area contributed by atoms with Gasteiger partial charge in [-0.1, -0.05) is 37.8 Å². The number of carbonyl (C=O) groups excluding carboxylic acids is 1. The second-order valence-electron chi connectivity index (χ2n) is 2.75. The van der Waals surface area contributed by atoms with Gasteiger partial charge in [0.1, 0.15) is 0 Å². The van der Waals surface area contributed by atoms with Crippen LogP contribution in [-0.2, 0) is 4.79 Å². The van der Waals surface area contributed by atoms with Crippen LogP contribution in [0.1, 0.15) is 26.2 Å². The second kappa shape index (κ2) is 7.35. The third kappa shape index (κ3) is 7.06. The molecular formula is C11H17NO. The van der Waals surface area contributed by atoms with Crippen molar-refractivity contribution >= 4 is 5.91 Å². The number of amides is 1. The predicted octanol–water partition coefficient (Wildman–Crippen LogP) is 2.33. The number of nitrogens with two attached hydrogens (primary N) is 1. The van der Waals surface area contributed by atoms with Crippen molar-refractivity contribution in [1.29, 1.82) is 0 Å². The van der Waals surface area contributed by atoms with Gasteiger partial charge in [-0.2, -0.15) is 0 Å². The van der Waals surface area contributed by atoms with Gasteiger partial charge in [0.15, 0.2) is 0 Å². The van der Waals surface area contributed by atoms with E-state index in [1.54, 1.807) is 6.08 Å². The van der Waals surface area contributed by atoms with Crippen molar-refractivity contribution in [2.75, 3.05) is 0 Å². The van der Waals surface area contributed by atoms with Gasteiger partial charge in [-0.25, -0.2) is 0 Å². The molecule has 13 heavy (non-hydrogen) atoms. The number of rotatable bonds is 6. The monoisotopic (exact) mass is 179 g/mol. The SMILES string of the molecule is C=C/C=C(\C=C/CC)CCC(N)=O. The van der Waals surface area contributed by atoms with Crippen LogP contribution in [0.25, 0.3) is 0 Å². The Bertz CT molecular complexity index is 226. The average Bonchev–Trinajstić information content (AvgIpc) is 2.09. The highest BCUT2D eigenvalue weighted by molar-refractivity contribution is 5.74.